The molecule has 0 unspecified atom stereocenters. The van der Waals surface area contributed by atoms with Gasteiger partial charge in [-0.05, 0) is 34.7 Å². The zero-order chi connectivity index (χ0) is 21.3. The molecule has 0 aromatic heterocycles. The predicted octanol–water partition coefficient (Wildman–Crippen LogP) is 3.61. The molecule has 0 saturated carbocycles. The van der Waals surface area contributed by atoms with Crippen molar-refractivity contribution in [1.29, 1.82) is 0 Å². The molecule has 31 heavy (non-hydrogen) atoms. The number of amides is 2. The maximum absolute atomic E-state index is 13.9. The number of imide groups is 1. The summed E-state index contributed by atoms with van der Waals surface area (Å²) in [6, 6.07) is 25.7. The summed E-state index contributed by atoms with van der Waals surface area (Å²) in [5.41, 5.74) is 4.09. The van der Waals surface area contributed by atoms with Crippen LogP contribution in [-0.4, -0.2) is 27.9 Å². The van der Waals surface area contributed by atoms with Crippen LogP contribution in [0.3, 0.4) is 0 Å². The summed E-state index contributed by atoms with van der Waals surface area (Å²) < 4.78 is 0. The van der Waals surface area contributed by atoms with Crippen LogP contribution in [0, 0.1) is 11.8 Å². The highest BCUT2D eigenvalue weighted by Crippen LogP contribution is 2.65. The van der Waals surface area contributed by atoms with E-state index in [1.165, 1.54) is 4.90 Å². The van der Waals surface area contributed by atoms with E-state index in [1.807, 2.05) is 66.7 Å². The van der Waals surface area contributed by atoms with Crippen LogP contribution in [0.2, 0.25) is 0 Å². The van der Waals surface area contributed by atoms with Gasteiger partial charge in [-0.15, -0.1) is 0 Å². The van der Waals surface area contributed by atoms with Gasteiger partial charge in [-0.2, -0.15) is 0 Å². The Bertz CT molecular complexity index is 1170. The van der Waals surface area contributed by atoms with Gasteiger partial charge in [0.15, 0.2) is 0 Å². The summed E-state index contributed by atoms with van der Waals surface area (Å²) in [6.07, 6.45) is -0.822. The van der Waals surface area contributed by atoms with Crippen LogP contribution in [0.25, 0.3) is 0 Å². The lowest BCUT2D eigenvalue weighted by molar-refractivity contribution is -0.141. The van der Waals surface area contributed by atoms with Crippen molar-refractivity contribution in [2.75, 3.05) is 0 Å². The van der Waals surface area contributed by atoms with Crippen molar-refractivity contribution in [2.45, 2.75) is 30.9 Å². The molecule has 0 spiro atoms. The maximum Gasteiger partial charge on any atom is 0.234 e. The van der Waals surface area contributed by atoms with E-state index in [1.54, 1.807) is 6.92 Å². The van der Waals surface area contributed by atoms with E-state index < -0.39 is 23.4 Å². The molecule has 7 rings (SSSR count). The number of carbonyl (C=O) groups excluding carboxylic acids is 2. The number of benzene rings is 3. The SMILES string of the molecule is C[C@@H](O)C12c3ccccc3C(c3ccccc31)[C@@H]1C(=O)N(Cc3ccccc3)C(=O)[C@@H]12. The molecule has 1 saturated heterocycles. The van der Waals surface area contributed by atoms with Crippen molar-refractivity contribution in [3.63, 3.8) is 0 Å². The first-order chi connectivity index (χ1) is 15.1. The summed E-state index contributed by atoms with van der Waals surface area (Å²) in [4.78, 5) is 29.0. The van der Waals surface area contributed by atoms with Gasteiger partial charge in [0.2, 0.25) is 11.8 Å². The first-order valence-corrected chi connectivity index (χ1v) is 10.8. The third-order valence-electron chi connectivity index (χ3n) is 7.62. The molecule has 2 bridgehead atoms. The molecule has 2 amide bonds. The smallest absolute Gasteiger partial charge is 0.234 e. The second kappa shape index (κ2) is 6.38. The molecule has 1 fully saturated rings. The molecule has 3 atom stereocenters. The first kappa shape index (κ1) is 18.5. The third kappa shape index (κ3) is 2.18. The molecular weight excluding hydrogens is 386 g/mol. The van der Waals surface area contributed by atoms with Crippen molar-refractivity contribution in [1.82, 2.24) is 4.90 Å². The van der Waals surface area contributed by atoms with Gasteiger partial charge in [0, 0.05) is 5.92 Å². The summed E-state index contributed by atoms with van der Waals surface area (Å²) >= 11 is 0. The number of aliphatic hydroxyl groups excluding tert-OH is 1. The van der Waals surface area contributed by atoms with Gasteiger partial charge in [-0.3, -0.25) is 14.5 Å². The lowest BCUT2D eigenvalue weighted by Crippen LogP contribution is -2.58. The molecule has 4 aliphatic rings. The average molecular weight is 409 g/mol. The van der Waals surface area contributed by atoms with Gasteiger partial charge in [0.1, 0.15) is 0 Å². The Labute approximate surface area is 181 Å². The van der Waals surface area contributed by atoms with Gasteiger partial charge in [-0.1, -0.05) is 78.9 Å². The van der Waals surface area contributed by atoms with Crippen LogP contribution in [0.15, 0.2) is 78.9 Å². The Kier molecular flexibility index (Phi) is 3.81. The largest absolute Gasteiger partial charge is 0.392 e. The molecule has 0 radical (unpaired) electrons. The predicted molar refractivity (Wildman–Crippen MR) is 116 cm³/mol. The second-order valence-corrected chi connectivity index (χ2v) is 8.95. The van der Waals surface area contributed by atoms with E-state index in [9.17, 15) is 14.7 Å². The Balaban J connectivity index is 1.60. The molecule has 3 aromatic carbocycles. The van der Waals surface area contributed by atoms with Crippen LogP contribution >= 0.6 is 0 Å². The molecule has 1 N–H and O–H groups in total. The van der Waals surface area contributed by atoms with Crippen molar-refractivity contribution in [3.05, 3.63) is 107 Å². The zero-order valence-corrected chi connectivity index (χ0v) is 17.2. The van der Waals surface area contributed by atoms with E-state index in [4.69, 9.17) is 0 Å². The molecule has 1 aliphatic heterocycles. The zero-order valence-electron chi connectivity index (χ0n) is 17.2. The number of aliphatic hydroxyl groups is 1. The van der Waals surface area contributed by atoms with E-state index in [-0.39, 0.29) is 24.3 Å². The van der Waals surface area contributed by atoms with Crippen molar-refractivity contribution >= 4 is 11.8 Å². The topological polar surface area (TPSA) is 57.6 Å². The fourth-order valence-corrected chi connectivity index (χ4v) is 6.52. The molecule has 1 heterocycles. The van der Waals surface area contributed by atoms with Crippen LogP contribution in [0.5, 0.6) is 0 Å². The number of carbonyl (C=O) groups is 2. The third-order valence-corrected chi connectivity index (χ3v) is 7.62. The molecule has 4 nitrogen and oxygen atoms in total. The van der Waals surface area contributed by atoms with Crippen molar-refractivity contribution in [2.24, 2.45) is 11.8 Å². The Morgan fingerprint density at radius 2 is 1.39 bits per heavy atom. The number of likely N-dealkylation sites (tertiary alicyclic amines) is 1. The highest BCUT2D eigenvalue weighted by Gasteiger charge is 2.69. The van der Waals surface area contributed by atoms with Gasteiger partial charge in [0.05, 0.1) is 29.9 Å². The van der Waals surface area contributed by atoms with Gasteiger partial charge in [-0.25, -0.2) is 0 Å². The Morgan fingerprint density at radius 3 is 1.97 bits per heavy atom. The van der Waals surface area contributed by atoms with Crippen LogP contribution in [-0.2, 0) is 21.5 Å². The minimum absolute atomic E-state index is 0.127. The minimum Gasteiger partial charge on any atom is -0.392 e. The number of rotatable bonds is 3. The second-order valence-electron chi connectivity index (χ2n) is 8.95. The Hall–Kier alpha value is -3.24. The molecule has 3 aliphatic carbocycles. The lowest BCUT2D eigenvalue weighted by Gasteiger charge is -2.55. The van der Waals surface area contributed by atoms with E-state index in [2.05, 4.69) is 12.1 Å². The summed E-state index contributed by atoms with van der Waals surface area (Å²) in [7, 11) is 0. The number of hydrogen-bond donors (Lipinski definition) is 1. The lowest BCUT2D eigenvalue weighted by atomic mass is 9.46. The van der Waals surface area contributed by atoms with E-state index >= 15 is 0 Å². The minimum atomic E-state index is -0.926. The van der Waals surface area contributed by atoms with Gasteiger partial charge < -0.3 is 5.11 Å². The highest BCUT2D eigenvalue weighted by molar-refractivity contribution is 6.08. The van der Waals surface area contributed by atoms with Crippen LogP contribution in [0.1, 0.15) is 40.7 Å². The van der Waals surface area contributed by atoms with Gasteiger partial charge in [0.25, 0.3) is 0 Å². The summed E-state index contributed by atoms with van der Waals surface area (Å²) in [5.74, 6) is -1.56. The highest BCUT2D eigenvalue weighted by atomic mass is 16.3. The summed E-state index contributed by atoms with van der Waals surface area (Å²) in [6.45, 7) is 2.02. The van der Waals surface area contributed by atoms with Crippen molar-refractivity contribution < 1.29 is 14.7 Å². The maximum atomic E-state index is 13.9. The van der Waals surface area contributed by atoms with Crippen LogP contribution in [0.4, 0.5) is 0 Å². The summed E-state index contributed by atoms with van der Waals surface area (Å²) in [5, 5.41) is 11.3. The van der Waals surface area contributed by atoms with Crippen LogP contribution < -0.4 is 0 Å². The number of hydrogen-bond acceptors (Lipinski definition) is 3. The van der Waals surface area contributed by atoms with Gasteiger partial charge >= 0.3 is 0 Å². The number of nitrogens with zero attached hydrogens (tertiary/aromatic N) is 1. The monoisotopic (exact) mass is 409 g/mol. The Morgan fingerprint density at radius 1 is 0.839 bits per heavy atom. The standard InChI is InChI=1S/C27H23NO3/c1-16(29)27-20-13-7-5-11-18(20)22(19-12-6-8-14-21(19)27)23-24(27)26(31)28(25(23)30)15-17-9-3-2-4-10-17/h2-14,16,22-24,29H,15H2,1H3/t16-,22?,23+,24-,27?/m1/s1. The first-order valence-electron chi connectivity index (χ1n) is 10.8. The fraction of sp³-hybridized carbons (Fsp3) is 0.259. The van der Waals surface area contributed by atoms with E-state index in [0.29, 0.717) is 0 Å². The molecule has 3 aromatic rings. The quantitative estimate of drug-likeness (QED) is 0.673. The molecule has 154 valence electrons. The normalized spacial score (nSPS) is 28.8. The average Bonchev–Trinajstić information content (AvgIpc) is 3.05. The fourth-order valence-electron chi connectivity index (χ4n) is 6.52. The molecular formula is C27H23NO3. The van der Waals surface area contributed by atoms with E-state index in [0.717, 1.165) is 27.8 Å². The van der Waals surface area contributed by atoms with Crippen molar-refractivity contribution in [3.8, 4) is 0 Å². The molecule has 4 heteroatoms.